The van der Waals surface area contributed by atoms with Crippen molar-refractivity contribution in [2.75, 3.05) is 0 Å². The third-order valence-corrected chi connectivity index (χ3v) is 5.04. The lowest BCUT2D eigenvalue weighted by Crippen LogP contribution is -2.26. The highest BCUT2D eigenvalue weighted by molar-refractivity contribution is 9.10. The van der Waals surface area contributed by atoms with Gasteiger partial charge in [0.15, 0.2) is 6.10 Å². The SMILES string of the molecule is C[C@@H](C#N)OC(=O)c1cc(S(=O)(=O)NC2CC2)ccc1Br. The molecule has 0 radical (unpaired) electrons. The van der Waals surface area contributed by atoms with E-state index in [2.05, 4.69) is 20.7 Å². The van der Waals surface area contributed by atoms with Crippen molar-refractivity contribution in [3.05, 3.63) is 28.2 Å². The Morgan fingerprint density at radius 2 is 2.19 bits per heavy atom. The van der Waals surface area contributed by atoms with Gasteiger partial charge < -0.3 is 4.74 Å². The molecule has 0 aliphatic heterocycles. The van der Waals surface area contributed by atoms with Gasteiger partial charge in [-0.15, -0.1) is 0 Å². The number of benzene rings is 1. The summed E-state index contributed by atoms with van der Waals surface area (Å²) < 4.78 is 32.1. The van der Waals surface area contributed by atoms with E-state index in [9.17, 15) is 13.2 Å². The molecular formula is C13H13BrN2O4S. The minimum absolute atomic E-state index is 0.00541. The van der Waals surface area contributed by atoms with Gasteiger partial charge in [0.1, 0.15) is 6.07 Å². The quantitative estimate of drug-likeness (QED) is 0.796. The number of carbonyl (C=O) groups is 1. The Morgan fingerprint density at radius 1 is 1.52 bits per heavy atom. The smallest absolute Gasteiger partial charge is 0.340 e. The Bertz CT molecular complexity index is 707. The van der Waals surface area contributed by atoms with E-state index in [0.29, 0.717) is 4.47 Å². The van der Waals surface area contributed by atoms with Crippen LogP contribution < -0.4 is 4.72 Å². The molecule has 1 aliphatic rings. The summed E-state index contributed by atoms with van der Waals surface area (Å²) in [6.45, 7) is 1.43. The van der Waals surface area contributed by atoms with Crippen LogP contribution in [0.15, 0.2) is 27.6 Å². The molecule has 1 saturated carbocycles. The molecule has 112 valence electrons. The fourth-order valence-electron chi connectivity index (χ4n) is 1.57. The normalized spacial score (nSPS) is 16.0. The van der Waals surface area contributed by atoms with E-state index in [-0.39, 0.29) is 16.5 Å². The van der Waals surface area contributed by atoms with Gasteiger partial charge in [0.2, 0.25) is 10.0 Å². The number of sulfonamides is 1. The van der Waals surface area contributed by atoms with Gasteiger partial charge in [0.25, 0.3) is 0 Å². The standard InChI is InChI=1S/C13H13BrN2O4S/c1-8(7-15)20-13(17)11-6-10(4-5-12(11)14)21(18,19)16-9-2-3-9/h4-6,8-9,16H,2-3H2,1H3/t8-/m0/s1. The lowest BCUT2D eigenvalue weighted by molar-refractivity contribution is 0.0434. The molecule has 1 aromatic rings. The van der Waals surface area contributed by atoms with Gasteiger partial charge in [-0.1, -0.05) is 0 Å². The largest absolute Gasteiger partial charge is 0.444 e. The zero-order valence-corrected chi connectivity index (χ0v) is 13.6. The number of nitrogens with one attached hydrogen (secondary N) is 1. The molecule has 1 aliphatic carbocycles. The highest BCUT2D eigenvalue weighted by atomic mass is 79.9. The number of nitriles is 1. The number of ether oxygens (including phenoxy) is 1. The third-order valence-electron chi connectivity index (χ3n) is 2.83. The van der Waals surface area contributed by atoms with E-state index in [1.54, 1.807) is 6.07 Å². The first-order chi connectivity index (χ1) is 9.83. The molecule has 0 spiro atoms. The second-order valence-corrected chi connectivity index (χ2v) is 7.28. The Kier molecular flexibility index (Phi) is 4.66. The Hall–Kier alpha value is -1.43. The van der Waals surface area contributed by atoms with Crippen LogP contribution >= 0.6 is 15.9 Å². The minimum atomic E-state index is -3.65. The van der Waals surface area contributed by atoms with Crippen LogP contribution in [0.5, 0.6) is 0 Å². The zero-order chi connectivity index (χ0) is 15.6. The number of nitrogens with zero attached hydrogens (tertiary/aromatic N) is 1. The van der Waals surface area contributed by atoms with Gasteiger partial charge in [-0.2, -0.15) is 5.26 Å². The molecule has 1 N–H and O–H groups in total. The first-order valence-electron chi connectivity index (χ1n) is 6.26. The number of hydrogen-bond acceptors (Lipinski definition) is 5. The summed E-state index contributed by atoms with van der Waals surface area (Å²) in [7, 11) is -3.65. The van der Waals surface area contributed by atoms with Crippen LogP contribution in [-0.4, -0.2) is 26.5 Å². The van der Waals surface area contributed by atoms with E-state index in [1.807, 2.05) is 0 Å². The molecule has 0 unspecified atom stereocenters. The van der Waals surface area contributed by atoms with Crippen molar-refractivity contribution in [2.24, 2.45) is 0 Å². The van der Waals surface area contributed by atoms with E-state index in [4.69, 9.17) is 10.00 Å². The van der Waals surface area contributed by atoms with Gasteiger partial charge in [-0.3, -0.25) is 0 Å². The van der Waals surface area contributed by atoms with Crippen molar-refractivity contribution >= 4 is 31.9 Å². The summed E-state index contributed by atoms with van der Waals surface area (Å²) in [5.41, 5.74) is 0.0655. The molecule has 6 nitrogen and oxygen atoms in total. The van der Waals surface area contributed by atoms with Crippen LogP contribution in [0, 0.1) is 11.3 Å². The molecule has 0 amide bonds. The molecular weight excluding hydrogens is 360 g/mol. The first kappa shape index (κ1) is 15.9. The van der Waals surface area contributed by atoms with Crippen LogP contribution in [0.1, 0.15) is 30.1 Å². The molecule has 0 aromatic heterocycles. The minimum Gasteiger partial charge on any atom is -0.444 e. The second-order valence-electron chi connectivity index (χ2n) is 4.71. The third kappa shape index (κ3) is 4.03. The monoisotopic (exact) mass is 372 g/mol. The molecule has 0 saturated heterocycles. The Morgan fingerprint density at radius 3 is 2.76 bits per heavy atom. The maximum Gasteiger partial charge on any atom is 0.340 e. The average molecular weight is 373 g/mol. The molecule has 1 aromatic carbocycles. The van der Waals surface area contributed by atoms with Gasteiger partial charge in [0, 0.05) is 10.5 Å². The number of carbonyl (C=O) groups excluding carboxylic acids is 1. The predicted molar refractivity (Wildman–Crippen MR) is 78.0 cm³/mol. The first-order valence-corrected chi connectivity index (χ1v) is 8.53. The molecule has 21 heavy (non-hydrogen) atoms. The zero-order valence-electron chi connectivity index (χ0n) is 11.2. The molecule has 0 bridgehead atoms. The predicted octanol–water partition coefficient (Wildman–Crippen LogP) is 1.96. The molecule has 2 rings (SSSR count). The molecule has 1 fully saturated rings. The van der Waals surface area contributed by atoms with Crippen LogP contribution in [0.25, 0.3) is 0 Å². The van der Waals surface area contributed by atoms with Crippen molar-refractivity contribution in [3.8, 4) is 6.07 Å². The van der Waals surface area contributed by atoms with Crippen LogP contribution in [0.3, 0.4) is 0 Å². The van der Waals surface area contributed by atoms with Crippen molar-refractivity contribution in [3.63, 3.8) is 0 Å². The van der Waals surface area contributed by atoms with Gasteiger partial charge in [-0.05, 0) is 53.9 Å². The highest BCUT2D eigenvalue weighted by Crippen LogP contribution is 2.25. The molecule has 8 heteroatoms. The fraction of sp³-hybridized carbons (Fsp3) is 0.385. The Balaban J connectivity index is 2.28. The number of hydrogen-bond donors (Lipinski definition) is 1. The lowest BCUT2D eigenvalue weighted by Gasteiger charge is -2.10. The van der Waals surface area contributed by atoms with E-state index in [0.717, 1.165) is 12.8 Å². The van der Waals surface area contributed by atoms with Crippen LogP contribution in [0.2, 0.25) is 0 Å². The maximum absolute atomic E-state index is 12.1. The van der Waals surface area contributed by atoms with Gasteiger partial charge in [-0.25, -0.2) is 17.9 Å². The lowest BCUT2D eigenvalue weighted by atomic mass is 10.2. The van der Waals surface area contributed by atoms with Crippen LogP contribution in [-0.2, 0) is 14.8 Å². The summed E-state index contributed by atoms with van der Waals surface area (Å²) in [5.74, 6) is -0.751. The Labute approximate surface area is 131 Å². The maximum atomic E-state index is 12.1. The van der Waals surface area contributed by atoms with Crippen molar-refractivity contribution in [2.45, 2.75) is 36.8 Å². The average Bonchev–Trinajstić information content (AvgIpc) is 3.21. The number of halogens is 1. The summed E-state index contributed by atoms with van der Waals surface area (Å²) >= 11 is 3.17. The van der Waals surface area contributed by atoms with E-state index < -0.39 is 22.1 Å². The summed E-state index contributed by atoms with van der Waals surface area (Å²) in [4.78, 5) is 11.9. The van der Waals surface area contributed by atoms with Crippen molar-refractivity contribution < 1.29 is 17.9 Å². The highest BCUT2D eigenvalue weighted by Gasteiger charge is 2.29. The second kappa shape index (κ2) is 6.13. The number of rotatable bonds is 5. The summed E-state index contributed by atoms with van der Waals surface area (Å²) in [6.07, 6.45) is 0.739. The van der Waals surface area contributed by atoms with Crippen molar-refractivity contribution in [1.29, 1.82) is 5.26 Å². The van der Waals surface area contributed by atoms with Gasteiger partial charge >= 0.3 is 5.97 Å². The fourth-order valence-corrected chi connectivity index (χ4v) is 3.31. The van der Waals surface area contributed by atoms with Crippen LogP contribution in [0.4, 0.5) is 0 Å². The molecule has 0 heterocycles. The summed E-state index contributed by atoms with van der Waals surface area (Å²) in [6, 6.07) is 5.86. The van der Waals surface area contributed by atoms with E-state index >= 15 is 0 Å². The summed E-state index contributed by atoms with van der Waals surface area (Å²) in [5, 5.41) is 8.64. The van der Waals surface area contributed by atoms with E-state index in [1.165, 1.54) is 25.1 Å². The van der Waals surface area contributed by atoms with Gasteiger partial charge in [0.05, 0.1) is 10.5 Å². The topological polar surface area (TPSA) is 96.3 Å². The number of esters is 1. The molecule has 1 atom stereocenters. The van der Waals surface area contributed by atoms with Crippen molar-refractivity contribution in [1.82, 2.24) is 4.72 Å².